The molecule has 2 N–H and O–H groups in total. The van der Waals surface area contributed by atoms with E-state index in [-0.39, 0.29) is 4.90 Å². The molecule has 5 nitrogen and oxygen atoms in total. The van der Waals surface area contributed by atoms with Crippen LogP contribution in [0.15, 0.2) is 53.4 Å². The number of halogens is 1. The van der Waals surface area contributed by atoms with Crippen LogP contribution in [0.4, 0.5) is 11.4 Å². The smallest absolute Gasteiger partial charge is 0.261 e. The first kappa shape index (κ1) is 18.0. The van der Waals surface area contributed by atoms with Gasteiger partial charge in [-0.25, -0.2) is 8.42 Å². The Hall–Kier alpha value is -1.76. The minimum absolute atomic E-state index is 0.234. The van der Waals surface area contributed by atoms with Crippen molar-refractivity contribution in [1.82, 2.24) is 5.32 Å². The van der Waals surface area contributed by atoms with Gasteiger partial charge in [0.15, 0.2) is 0 Å². The molecular weight excluding hydrogens is 358 g/mol. The third-order valence-electron chi connectivity index (χ3n) is 4.49. The number of nitrogens with one attached hydrogen (secondary N) is 2. The maximum absolute atomic E-state index is 12.5. The number of rotatable bonds is 5. The molecule has 3 rings (SSSR count). The lowest BCUT2D eigenvalue weighted by Gasteiger charge is -2.34. The van der Waals surface area contributed by atoms with Crippen molar-refractivity contribution in [3.63, 3.8) is 0 Å². The maximum atomic E-state index is 12.5. The largest absolute Gasteiger partial charge is 0.370 e. The molecule has 1 fully saturated rings. The average molecular weight is 380 g/mol. The molecule has 0 aliphatic carbocycles. The molecule has 0 saturated carbocycles. The molecule has 1 saturated heterocycles. The maximum Gasteiger partial charge on any atom is 0.261 e. The van der Waals surface area contributed by atoms with Gasteiger partial charge in [0.05, 0.1) is 21.3 Å². The third-order valence-corrected chi connectivity index (χ3v) is 6.21. The van der Waals surface area contributed by atoms with Crippen LogP contribution >= 0.6 is 11.6 Å². The summed E-state index contributed by atoms with van der Waals surface area (Å²) in [6.07, 6.45) is 2.07. The highest BCUT2D eigenvalue weighted by molar-refractivity contribution is 7.92. The van der Waals surface area contributed by atoms with Gasteiger partial charge in [0, 0.05) is 13.1 Å². The Morgan fingerprint density at radius 3 is 2.48 bits per heavy atom. The molecule has 0 aromatic heterocycles. The number of sulfonamides is 1. The number of hydrogen-bond acceptors (Lipinski definition) is 4. The summed E-state index contributed by atoms with van der Waals surface area (Å²) in [6, 6.07) is 13.9. The molecule has 1 aliphatic heterocycles. The van der Waals surface area contributed by atoms with Gasteiger partial charge in [0.2, 0.25) is 0 Å². The van der Waals surface area contributed by atoms with Gasteiger partial charge in [-0.3, -0.25) is 4.72 Å². The standard InChI is InChI=1S/C18H22ClN3O2S/c1-22(15-9-11-20-12-10-15)18-13-14(7-8-17(18)19)21-25(23,24)16-5-3-2-4-6-16/h2-8,13,15,20-21H,9-12H2,1H3. The van der Waals surface area contributed by atoms with Gasteiger partial charge in [-0.15, -0.1) is 0 Å². The average Bonchev–Trinajstić information content (AvgIpc) is 2.64. The molecule has 7 heteroatoms. The van der Waals surface area contributed by atoms with E-state index < -0.39 is 10.0 Å². The van der Waals surface area contributed by atoms with Crippen molar-refractivity contribution in [3.8, 4) is 0 Å². The van der Waals surface area contributed by atoms with Crippen molar-refractivity contribution in [2.24, 2.45) is 0 Å². The van der Waals surface area contributed by atoms with Crippen LogP contribution in [-0.4, -0.2) is 34.6 Å². The monoisotopic (exact) mass is 379 g/mol. The van der Waals surface area contributed by atoms with Crippen LogP contribution < -0.4 is 14.9 Å². The van der Waals surface area contributed by atoms with Gasteiger partial charge in [-0.1, -0.05) is 29.8 Å². The zero-order chi connectivity index (χ0) is 17.9. The summed E-state index contributed by atoms with van der Waals surface area (Å²) >= 11 is 6.36. The Morgan fingerprint density at radius 1 is 1.12 bits per heavy atom. The normalized spacial score (nSPS) is 15.8. The van der Waals surface area contributed by atoms with Crippen LogP contribution in [0.2, 0.25) is 5.02 Å². The summed E-state index contributed by atoms with van der Waals surface area (Å²) in [5, 5.41) is 3.96. The van der Waals surface area contributed by atoms with E-state index in [9.17, 15) is 8.42 Å². The predicted octanol–water partition coefficient (Wildman–Crippen LogP) is 3.33. The van der Waals surface area contributed by atoms with Gasteiger partial charge < -0.3 is 10.2 Å². The Kier molecular flexibility index (Phi) is 5.51. The highest BCUT2D eigenvalue weighted by Crippen LogP contribution is 2.32. The first-order valence-corrected chi connectivity index (χ1v) is 10.1. The van der Waals surface area contributed by atoms with Crippen LogP contribution in [0.25, 0.3) is 0 Å². The Bertz CT molecular complexity index is 821. The van der Waals surface area contributed by atoms with Crippen LogP contribution in [0.5, 0.6) is 0 Å². The van der Waals surface area contributed by atoms with E-state index >= 15 is 0 Å². The fraction of sp³-hybridized carbons (Fsp3) is 0.333. The van der Waals surface area contributed by atoms with Crippen molar-refractivity contribution in [3.05, 3.63) is 53.6 Å². The second-order valence-corrected chi connectivity index (χ2v) is 8.27. The summed E-state index contributed by atoms with van der Waals surface area (Å²) < 4.78 is 27.6. The second kappa shape index (κ2) is 7.64. The Balaban J connectivity index is 1.84. The highest BCUT2D eigenvalue weighted by atomic mass is 35.5. The Morgan fingerprint density at radius 2 is 1.80 bits per heavy atom. The number of benzene rings is 2. The van der Waals surface area contributed by atoms with E-state index in [0.717, 1.165) is 31.6 Å². The minimum atomic E-state index is -3.62. The first-order valence-electron chi connectivity index (χ1n) is 8.28. The quantitative estimate of drug-likeness (QED) is 0.836. The molecule has 134 valence electrons. The third kappa shape index (κ3) is 4.26. The lowest BCUT2D eigenvalue weighted by molar-refractivity contribution is 0.443. The molecule has 1 heterocycles. The molecular formula is C18H22ClN3O2S. The SMILES string of the molecule is CN(c1cc(NS(=O)(=O)c2ccccc2)ccc1Cl)C1CCNCC1. The van der Waals surface area contributed by atoms with E-state index in [0.29, 0.717) is 16.8 Å². The first-order chi connectivity index (χ1) is 12.0. The zero-order valence-electron chi connectivity index (χ0n) is 14.1. The number of piperidine rings is 1. The van der Waals surface area contributed by atoms with Crippen LogP contribution in [0.1, 0.15) is 12.8 Å². The molecule has 0 radical (unpaired) electrons. The van der Waals surface area contributed by atoms with Crippen LogP contribution in [-0.2, 0) is 10.0 Å². The molecule has 0 unspecified atom stereocenters. The molecule has 0 spiro atoms. The van der Waals surface area contributed by atoms with E-state index in [2.05, 4.69) is 14.9 Å². The van der Waals surface area contributed by atoms with Crippen molar-refractivity contribution >= 4 is 33.0 Å². The highest BCUT2D eigenvalue weighted by Gasteiger charge is 2.21. The summed E-state index contributed by atoms with van der Waals surface area (Å²) in [5.74, 6) is 0. The number of hydrogen-bond donors (Lipinski definition) is 2. The van der Waals surface area contributed by atoms with Crippen molar-refractivity contribution in [2.75, 3.05) is 29.8 Å². The van der Waals surface area contributed by atoms with Gasteiger partial charge in [0.1, 0.15) is 0 Å². The van der Waals surface area contributed by atoms with Crippen molar-refractivity contribution < 1.29 is 8.42 Å². The number of nitrogens with zero attached hydrogens (tertiary/aromatic N) is 1. The lowest BCUT2D eigenvalue weighted by atomic mass is 10.0. The molecule has 2 aromatic rings. The molecule has 0 bridgehead atoms. The molecule has 25 heavy (non-hydrogen) atoms. The topological polar surface area (TPSA) is 61.4 Å². The second-order valence-electron chi connectivity index (χ2n) is 6.18. The summed E-state index contributed by atoms with van der Waals surface area (Å²) in [4.78, 5) is 2.38. The van der Waals surface area contributed by atoms with Gasteiger partial charge in [0.25, 0.3) is 10.0 Å². The van der Waals surface area contributed by atoms with E-state index in [1.165, 1.54) is 0 Å². The molecule has 0 amide bonds. The predicted molar refractivity (Wildman–Crippen MR) is 103 cm³/mol. The van der Waals surface area contributed by atoms with Gasteiger partial charge >= 0.3 is 0 Å². The Labute approximate surface area is 154 Å². The van der Waals surface area contributed by atoms with E-state index in [1.54, 1.807) is 48.5 Å². The molecule has 2 aromatic carbocycles. The zero-order valence-corrected chi connectivity index (χ0v) is 15.6. The minimum Gasteiger partial charge on any atom is -0.370 e. The fourth-order valence-electron chi connectivity index (χ4n) is 3.05. The van der Waals surface area contributed by atoms with E-state index in [4.69, 9.17) is 11.6 Å². The summed E-state index contributed by atoms with van der Waals surface area (Å²) in [6.45, 7) is 1.96. The van der Waals surface area contributed by atoms with Gasteiger partial charge in [-0.05, 0) is 56.3 Å². The van der Waals surface area contributed by atoms with Gasteiger partial charge in [-0.2, -0.15) is 0 Å². The van der Waals surface area contributed by atoms with Crippen LogP contribution in [0, 0.1) is 0 Å². The number of anilines is 2. The molecule has 0 atom stereocenters. The van der Waals surface area contributed by atoms with Crippen molar-refractivity contribution in [1.29, 1.82) is 0 Å². The van der Waals surface area contributed by atoms with E-state index in [1.807, 2.05) is 7.05 Å². The summed E-state index contributed by atoms with van der Waals surface area (Å²) in [7, 11) is -1.61. The summed E-state index contributed by atoms with van der Waals surface area (Å²) in [5.41, 5.74) is 1.34. The molecule has 1 aliphatic rings. The lowest BCUT2D eigenvalue weighted by Crippen LogP contribution is -2.41. The van der Waals surface area contributed by atoms with Crippen LogP contribution in [0.3, 0.4) is 0 Å². The van der Waals surface area contributed by atoms with Crippen molar-refractivity contribution in [2.45, 2.75) is 23.8 Å². The fourth-order valence-corrected chi connectivity index (χ4v) is 4.37.